The van der Waals surface area contributed by atoms with Crippen LogP contribution in [-0.2, 0) is 6.54 Å². The van der Waals surface area contributed by atoms with E-state index in [1.165, 1.54) is 0 Å². The van der Waals surface area contributed by atoms with Crippen molar-refractivity contribution in [2.24, 2.45) is 0 Å². The summed E-state index contributed by atoms with van der Waals surface area (Å²) in [4.78, 5) is 2.01. The summed E-state index contributed by atoms with van der Waals surface area (Å²) in [6, 6.07) is 17.3. The third-order valence-electron chi connectivity index (χ3n) is 3.62. The molecule has 2 aromatic carbocycles. The van der Waals surface area contributed by atoms with Crippen molar-refractivity contribution in [3.05, 3.63) is 60.2 Å². The Balaban J connectivity index is 1.84. The Hall–Kier alpha value is -2.08. The maximum Gasteiger partial charge on any atom is 0.123 e. The van der Waals surface area contributed by atoms with Gasteiger partial charge in [-0.2, -0.15) is 0 Å². The third kappa shape index (κ3) is 6.20. The Kier molecular flexibility index (Phi) is 7.55. The second-order valence-electron chi connectivity index (χ2n) is 5.59. The number of aliphatic hydroxyl groups is 2. The van der Waals surface area contributed by atoms with Crippen molar-refractivity contribution in [3.63, 3.8) is 0 Å². The molecule has 0 aromatic heterocycles. The highest BCUT2D eigenvalue weighted by atomic mass is 16.5. The first-order valence-corrected chi connectivity index (χ1v) is 8.03. The van der Waals surface area contributed by atoms with E-state index in [0.717, 1.165) is 5.56 Å². The number of rotatable bonds is 10. The van der Waals surface area contributed by atoms with Crippen LogP contribution in [0.4, 0.5) is 0 Å². The van der Waals surface area contributed by atoms with Crippen LogP contribution in [0.15, 0.2) is 54.6 Å². The van der Waals surface area contributed by atoms with Crippen LogP contribution < -0.4 is 9.47 Å². The summed E-state index contributed by atoms with van der Waals surface area (Å²) in [5.74, 6) is 1.37. The summed E-state index contributed by atoms with van der Waals surface area (Å²) in [5, 5.41) is 19.5. The lowest BCUT2D eigenvalue weighted by Crippen LogP contribution is -2.37. The fraction of sp³-hybridized carbons (Fsp3) is 0.368. The summed E-state index contributed by atoms with van der Waals surface area (Å²) < 4.78 is 10.8. The first-order chi connectivity index (χ1) is 11.7. The van der Waals surface area contributed by atoms with Crippen molar-refractivity contribution < 1.29 is 19.7 Å². The number of nitrogens with zero attached hydrogens (tertiary/aromatic N) is 1. The predicted molar refractivity (Wildman–Crippen MR) is 93.3 cm³/mol. The fourth-order valence-electron chi connectivity index (χ4n) is 2.45. The summed E-state index contributed by atoms with van der Waals surface area (Å²) in [6.45, 7) is 1.85. The fourth-order valence-corrected chi connectivity index (χ4v) is 2.45. The van der Waals surface area contributed by atoms with E-state index >= 15 is 0 Å². The van der Waals surface area contributed by atoms with Gasteiger partial charge < -0.3 is 19.7 Å². The zero-order valence-corrected chi connectivity index (χ0v) is 14.0. The van der Waals surface area contributed by atoms with E-state index in [-0.39, 0.29) is 13.2 Å². The van der Waals surface area contributed by atoms with Crippen LogP contribution >= 0.6 is 0 Å². The molecule has 0 aliphatic carbocycles. The second kappa shape index (κ2) is 9.93. The minimum atomic E-state index is -0.647. The maximum atomic E-state index is 10.2. The molecule has 0 unspecified atom stereocenters. The van der Waals surface area contributed by atoms with Crippen molar-refractivity contribution in [2.45, 2.75) is 12.6 Å². The van der Waals surface area contributed by atoms with E-state index in [9.17, 15) is 10.2 Å². The largest absolute Gasteiger partial charge is 0.497 e. The molecule has 0 saturated carbocycles. The summed E-state index contributed by atoms with van der Waals surface area (Å²) in [5.41, 5.74) is 1.15. The van der Waals surface area contributed by atoms with Crippen LogP contribution in [0.25, 0.3) is 0 Å². The Labute approximate surface area is 143 Å². The zero-order chi connectivity index (χ0) is 17.2. The van der Waals surface area contributed by atoms with Gasteiger partial charge in [-0.3, -0.25) is 4.90 Å². The van der Waals surface area contributed by atoms with Gasteiger partial charge in [-0.1, -0.05) is 36.4 Å². The molecular formula is C19H25NO4. The molecule has 1 atom stereocenters. The molecule has 0 spiro atoms. The smallest absolute Gasteiger partial charge is 0.123 e. The van der Waals surface area contributed by atoms with Gasteiger partial charge in [-0.05, 0) is 17.7 Å². The quantitative estimate of drug-likeness (QED) is 0.697. The van der Waals surface area contributed by atoms with Crippen LogP contribution in [0.5, 0.6) is 11.5 Å². The number of hydrogen-bond donors (Lipinski definition) is 2. The Morgan fingerprint density at radius 2 is 1.79 bits per heavy atom. The first kappa shape index (κ1) is 18.3. The van der Waals surface area contributed by atoms with E-state index in [1.807, 2.05) is 53.4 Å². The molecule has 24 heavy (non-hydrogen) atoms. The molecule has 2 rings (SSSR count). The Bertz CT molecular complexity index is 591. The summed E-state index contributed by atoms with van der Waals surface area (Å²) >= 11 is 0. The van der Waals surface area contributed by atoms with Gasteiger partial charge in [-0.25, -0.2) is 0 Å². The average Bonchev–Trinajstić information content (AvgIpc) is 2.61. The SMILES string of the molecule is COc1cccc(OC[C@@H](O)CN(CCO)Cc2ccccc2)c1. The van der Waals surface area contributed by atoms with E-state index in [4.69, 9.17) is 9.47 Å². The monoisotopic (exact) mass is 331 g/mol. The van der Waals surface area contributed by atoms with Gasteiger partial charge in [0, 0.05) is 25.7 Å². The number of ether oxygens (including phenoxy) is 2. The average molecular weight is 331 g/mol. The molecule has 2 aromatic rings. The van der Waals surface area contributed by atoms with Crippen molar-refractivity contribution >= 4 is 0 Å². The normalized spacial score (nSPS) is 12.2. The topological polar surface area (TPSA) is 62.2 Å². The number of methoxy groups -OCH3 is 1. The van der Waals surface area contributed by atoms with E-state index in [1.54, 1.807) is 13.2 Å². The predicted octanol–water partition coefficient (Wildman–Crippen LogP) is 1.93. The molecule has 0 fully saturated rings. The van der Waals surface area contributed by atoms with E-state index < -0.39 is 6.10 Å². The molecule has 0 aliphatic heterocycles. The number of benzene rings is 2. The van der Waals surface area contributed by atoms with Crippen LogP contribution in [0, 0.1) is 0 Å². The molecule has 0 heterocycles. The minimum Gasteiger partial charge on any atom is -0.497 e. The molecule has 0 saturated heterocycles. The highest BCUT2D eigenvalue weighted by Crippen LogP contribution is 2.19. The zero-order valence-electron chi connectivity index (χ0n) is 14.0. The molecule has 0 aliphatic rings. The third-order valence-corrected chi connectivity index (χ3v) is 3.62. The Morgan fingerprint density at radius 3 is 2.50 bits per heavy atom. The van der Waals surface area contributed by atoms with E-state index in [0.29, 0.717) is 31.1 Å². The summed E-state index contributed by atoms with van der Waals surface area (Å²) in [7, 11) is 1.60. The van der Waals surface area contributed by atoms with Crippen LogP contribution in [0.2, 0.25) is 0 Å². The molecular weight excluding hydrogens is 306 g/mol. The van der Waals surface area contributed by atoms with Gasteiger partial charge in [0.15, 0.2) is 0 Å². The molecule has 2 N–H and O–H groups in total. The van der Waals surface area contributed by atoms with Crippen LogP contribution in [-0.4, -0.2) is 54.6 Å². The molecule has 130 valence electrons. The van der Waals surface area contributed by atoms with Gasteiger partial charge in [0.1, 0.15) is 24.2 Å². The van der Waals surface area contributed by atoms with Gasteiger partial charge in [0.2, 0.25) is 0 Å². The summed E-state index contributed by atoms with van der Waals surface area (Å²) in [6.07, 6.45) is -0.647. The highest BCUT2D eigenvalue weighted by molar-refractivity contribution is 5.32. The van der Waals surface area contributed by atoms with Gasteiger partial charge in [0.25, 0.3) is 0 Å². The lowest BCUT2D eigenvalue weighted by atomic mass is 10.2. The molecule has 5 nitrogen and oxygen atoms in total. The van der Waals surface area contributed by atoms with E-state index in [2.05, 4.69) is 0 Å². The van der Waals surface area contributed by atoms with Crippen molar-refractivity contribution in [1.82, 2.24) is 4.90 Å². The van der Waals surface area contributed by atoms with Crippen molar-refractivity contribution in [3.8, 4) is 11.5 Å². The first-order valence-electron chi connectivity index (χ1n) is 8.03. The van der Waals surface area contributed by atoms with Gasteiger partial charge in [-0.15, -0.1) is 0 Å². The minimum absolute atomic E-state index is 0.0519. The van der Waals surface area contributed by atoms with Crippen molar-refractivity contribution in [1.29, 1.82) is 0 Å². The molecule has 0 amide bonds. The Morgan fingerprint density at radius 1 is 1.04 bits per heavy atom. The molecule has 5 heteroatoms. The maximum absolute atomic E-state index is 10.2. The second-order valence-corrected chi connectivity index (χ2v) is 5.59. The molecule has 0 radical (unpaired) electrons. The van der Waals surface area contributed by atoms with Crippen LogP contribution in [0.3, 0.4) is 0 Å². The molecule has 0 bridgehead atoms. The van der Waals surface area contributed by atoms with Crippen LogP contribution in [0.1, 0.15) is 5.56 Å². The van der Waals surface area contributed by atoms with Gasteiger partial charge >= 0.3 is 0 Å². The van der Waals surface area contributed by atoms with Gasteiger partial charge in [0.05, 0.1) is 13.7 Å². The lowest BCUT2D eigenvalue weighted by Gasteiger charge is -2.24. The van der Waals surface area contributed by atoms with Crippen molar-refractivity contribution in [2.75, 3.05) is 33.4 Å². The highest BCUT2D eigenvalue weighted by Gasteiger charge is 2.13. The standard InChI is InChI=1S/C19H25NO4/c1-23-18-8-5-9-19(12-18)24-15-17(22)14-20(10-11-21)13-16-6-3-2-4-7-16/h2-9,12,17,21-22H,10-11,13-15H2,1H3/t17-/m0/s1. The lowest BCUT2D eigenvalue weighted by molar-refractivity contribution is 0.0589. The number of hydrogen-bond acceptors (Lipinski definition) is 5. The number of aliphatic hydroxyl groups excluding tert-OH is 2.